The molecule has 0 saturated heterocycles. The van der Waals surface area contributed by atoms with Gasteiger partial charge in [-0.3, -0.25) is 0 Å². The van der Waals surface area contributed by atoms with Gasteiger partial charge < -0.3 is 5.11 Å². The van der Waals surface area contributed by atoms with E-state index in [9.17, 15) is 0 Å². The van der Waals surface area contributed by atoms with E-state index < -0.39 is 0 Å². The summed E-state index contributed by atoms with van der Waals surface area (Å²) in [6.07, 6.45) is 8.14. The maximum atomic E-state index is 8.37. The number of rotatable bonds is 3. The summed E-state index contributed by atoms with van der Waals surface area (Å²) in [5.41, 5.74) is -0.0130. The molecule has 1 nitrogen and oxygen atoms in total. The zero-order valence-corrected chi connectivity index (χ0v) is 7.85. The molecular weight excluding hydrogens is 148 g/mol. The third kappa shape index (κ3) is 5.83. The van der Waals surface area contributed by atoms with Gasteiger partial charge in [0.1, 0.15) is 6.61 Å². The highest BCUT2D eigenvalue weighted by Crippen LogP contribution is 2.21. The Labute approximate surface area is 75.2 Å². The van der Waals surface area contributed by atoms with Crippen molar-refractivity contribution in [2.45, 2.75) is 33.1 Å². The van der Waals surface area contributed by atoms with E-state index in [1.54, 1.807) is 0 Å². The first kappa shape index (κ1) is 11.1. The number of terminal acetylenes is 1. The minimum Gasteiger partial charge on any atom is -0.384 e. The first-order chi connectivity index (χ1) is 5.62. The van der Waals surface area contributed by atoms with Crippen LogP contribution in [0.5, 0.6) is 0 Å². The first-order valence-corrected chi connectivity index (χ1v) is 4.17. The molecular formula is C11H16O. The molecule has 0 amide bonds. The summed E-state index contributed by atoms with van der Waals surface area (Å²) in [7, 11) is 0. The Kier molecular flexibility index (Phi) is 5.26. The normalized spacial score (nSPS) is 9.83. The van der Waals surface area contributed by atoms with Gasteiger partial charge in [-0.25, -0.2) is 0 Å². The van der Waals surface area contributed by atoms with Crippen LogP contribution in [0, 0.1) is 29.6 Å². The molecule has 0 aliphatic heterocycles. The van der Waals surface area contributed by atoms with Crippen LogP contribution in [0.3, 0.4) is 0 Å². The average molecular weight is 164 g/mol. The van der Waals surface area contributed by atoms with Gasteiger partial charge in [0.05, 0.1) is 0 Å². The molecule has 0 aromatic carbocycles. The van der Waals surface area contributed by atoms with Crippen LogP contribution in [0.1, 0.15) is 33.1 Å². The van der Waals surface area contributed by atoms with Crippen molar-refractivity contribution in [1.29, 1.82) is 0 Å². The van der Waals surface area contributed by atoms with Crippen LogP contribution in [-0.2, 0) is 0 Å². The third-order valence-electron chi connectivity index (χ3n) is 1.70. The van der Waals surface area contributed by atoms with Gasteiger partial charge >= 0.3 is 0 Å². The van der Waals surface area contributed by atoms with Crippen molar-refractivity contribution in [3.05, 3.63) is 0 Å². The molecule has 0 aliphatic rings. The predicted molar refractivity (Wildman–Crippen MR) is 51.3 cm³/mol. The van der Waals surface area contributed by atoms with Crippen LogP contribution in [0.2, 0.25) is 0 Å². The van der Waals surface area contributed by atoms with Crippen LogP contribution in [0.4, 0.5) is 0 Å². The molecule has 0 heterocycles. The Morgan fingerprint density at radius 3 is 2.50 bits per heavy atom. The highest BCUT2D eigenvalue weighted by atomic mass is 16.2. The van der Waals surface area contributed by atoms with E-state index in [0.29, 0.717) is 0 Å². The van der Waals surface area contributed by atoms with Crippen molar-refractivity contribution in [3.8, 4) is 24.2 Å². The Hall–Kier alpha value is -0.920. The fourth-order valence-corrected chi connectivity index (χ4v) is 0.835. The van der Waals surface area contributed by atoms with Crippen molar-refractivity contribution in [1.82, 2.24) is 0 Å². The van der Waals surface area contributed by atoms with Crippen LogP contribution in [0.15, 0.2) is 0 Å². The molecule has 1 heteroatoms. The Morgan fingerprint density at radius 2 is 2.00 bits per heavy atom. The molecule has 1 N–H and O–H groups in total. The molecule has 0 rings (SSSR count). The minimum absolute atomic E-state index is 0.0130. The molecule has 0 saturated carbocycles. The number of aliphatic hydroxyl groups excluding tert-OH is 1. The van der Waals surface area contributed by atoms with Gasteiger partial charge in [0, 0.05) is 11.8 Å². The molecule has 0 bridgehead atoms. The largest absolute Gasteiger partial charge is 0.384 e. The van der Waals surface area contributed by atoms with E-state index in [4.69, 9.17) is 11.5 Å². The smallest absolute Gasteiger partial charge is 0.104 e. The molecule has 0 atom stereocenters. The summed E-state index contributed by atoms with van der Waals surface area (Å²) in [6.45, 7) is 4.05. The van der Waals surface area contributed by atoms with Gasteiger partial charge in [0.15, 0.2) is 0 Å². The molecule has 0 unspecified atom stereocenters. The maximum absolute atomic E-state index is 8.37. The summed E-state index contributed by atoms with van der Waals surface area (Å²) >= 11 is 0. The zero-order chi connectivity index (χ0) is 9.45. The molecule has 0 spiro atoms. The summed E-state index contributed by atoms with van der Waals surface area (Å²) in [6, 6.07) is 0. The lowest BCUT2D eigenvalue weighted by molar-refractivity contribution is 0.350. The summed E-state index contributed by atoms with van der Waals surface area (Å²) in [5.74, 6) is 8.20. The van der Waals surface area contributed by atoms with Gasteiger partial charge in [0.2, 0.25) is 0 Å². The third-order valence-corrected chi connectivity index (χ3v) is 1.70. The van der Waals surface area contributed by atoms with Gasteiger partial charge in [-0.05, 0) is 26.7 Å². The maximum Gasteiger partial charge on any atom is 0.104 e. The zero-order valence-electron chi connectivity index (χ0n) is 7.85. The van der Waals surface area contributed by atoms with E-state index in [1.807, 2.05) is 13.8 Å². The van der Waals surface area contributed by atoms with Gasteiger partial charge in [-0.15, -0.1) is 18.3 Å². The molecule has 66 valence electrons. The van der Waals surface area contributed by atoms with E-state index in [2.05, 4.69) is 17.8 Å². The van der Waals surface area contributed by atoms with Crippen molar-refractivity contribution in [2.75, 3.05) is 6.61 Å². The number of unbranched alkanes of at least 4 members (excludes halogenated alkanes) is 1. The first-order valence-electron chi connectivity index (χ1n) is 4.17. The van der Waals surface area contributed by atoms with Crippen LogP contribution in [0.25, 0.3) is 0 Å². The molecule has 0 aliphatic carbocycles. The molecule has 0 aromatic rings. The van der Waals surface area contributed by atoms with E-state index in [1.165, 1.54) is 0 Å². The predicted octanol–water partition coefficient (Wildman–Crippen LogP) is 1.81. The van der Waals surface area contributed by atoms with E-state index >= 15 is 0 Å². The lowest BCUT2D eigenvalue weighted by Crippen LogP contribution is -2.06. The number of aliphatic hydroxyl groups is 1. The Morgan fingerprint density at radius 1 is 1.33 bits per heavy atom. The second kappa shape index (κ2) is 5.70. The quantitative estimate of drug-likeness (QED) is 0.498. The van der Waals surface area contributed by atoms with Crippen LogP contribution >= 0.6 is 0 Å². The number of hydrogen-bond acceptors (Lipinski definition) is 1. The molecule has 0 aromatic heterocycles. The fourth-order valence-electron chi connectivity index (χ4n) is 0.835. The summed E-state index contributed by atoms with van der Waals surface area (Å²) < 4.78 is 0. The van der Waals surface area contributed by atoms with Gasteiger partial charge in [-0.1, -0.05) is 5.92 Å². The second-order valence-electron chi connectivity index (χ2n) is 3.39. The monoisotopic (exact) mass is 164 g/mol. The standard InChI is InChI=1S/C11H16O/c1-4-11(2,3)9-7-5-6-8-10-12/h1,12H,5,7,9-10H2,2-3H3. The number of hydrogen-bond donors (Lipinski definition) is 1. The Balaban J connectivity index is 3.52. The van der Waals surface area contributed by atoms with E-state index in [0.717, 1.165) is 19.3 Å². The highest BCUT2D eigenvalue weighted by Gasteiger charge is 2.11. The highest BCUT2D eigenvalue weighted by molar-refractivity contribution is 5.02. The SMILES string of the molecule is C#CC(C)(C)CCCC#CCO. The van der Waals surface area contributed by atoms with E-state index in [-0.39, 0.29) is 12.0 Å². The summed E-state index contributed by atoms with van der Waals surface area (Å²) in [4.78, 5) is 0. The molecule has 12 heavy (non-hydrogen) atoms. The van der Waals surface area contributed by atoms with Crippen molar-refractivity contribution < 1.29 is 5.11 Å². The summed E-state index contributed by atoms with van der Waals surface area (Å²) in [5, 5.41) is 8.37. The van der Waals surface area contributed by atoms with Crippen molar-refractivity contribution in [2.24, 2.45) is 5.41 Å². The van der Waals surface area contributed by atoms with Crippen LogP contribution in [-0.4, -0.2) is 11.7 Å². The molecule has 0 fully saturated rings. The minimum atomic E-state index is -0.0431. The second-order valence-corrected chi connectivity index (χ2v) is 3.39. The topological polar surface area (TPSA) is 20.2 Å². The lowest BCUT2D eigenvalue weighted by atomic mass is 9.88. The fraction of sp³-hybridized carbons (Fsp3) is 0.636. The molecule has 0 radical (unpaired) electrons. The van der Waals surface area contributed by atoms with Gasteiger partial charge in [-0.2, -0.15) is 0 Å². The van der Waals surface area contributed by atoms with Crippen molar-refractivity contribution in [3.63, 3.8) is 0 Å². The Bertz CT molecular complexity index is 209. The average Bonchev–Trinajstić information content (AvgIpc) is 2.04. The van der Waals surface area contributed by atoms with Gasteiger partial charge in [0.25, 0.3) is 0 Å². The lowest BCUT2D eigenvalue weighted by Gasteiger charge is -2.15. The van der Waals surface area contributed by atoms with Crippen molar-refractivity contribution >= 4 is 0 Å². The van der Waals surface area contributed by atoms with Crippen LogP contribution < -0.4 is 0 Å².